The van der Waals surface area contributed by atoms with E-state index < -0.39 is 0 Å². The monoisotopic (exact) mass is 372 g/mol. The minimum Gasteiger partial charge on any atom is -0.352 e. The molecule has 146 valence electrons. The van der Waals surface area contributed by atoms with Gasteiger partial charge in [0.15, 0.2) is 11.8 Å². The highest BCUT2D eigenvalue weighted by atomic mass is 16.1. The average Bonchev–Trinajstić information content (AvgIpc) is 2.91. The molecular weight excluding hydrogens is 344 g/mol. The molecule has 3 rings (SSSR count). The van der Waals surface area contributed by atoms with E-state index in [1.165, 1.54) is 5.56 Å². The first kappa shape index (κ1) is 18.9. The number of anilines is 1. The second-order valence-corrected chi connectivity index (χ2v) is 6.81. The number of piperazine rings is 1. The average molecular weight is 372 g/mol. The van der Waals surface area contributed by atoms with Crippen LogP contribution in [0.3, 0.4) is 0 Å². The molecular formula is C18H28N8O. The summed E-state index contributed by atoms with van der Waals surface area (Å²) in [4.78, 5) is 25.2. The fourth-order valence-electron chi connectivity index (χ4n) is 3.40. The van der Waals surface area contributed by atoms with Crippen molar-refractivity contribution in [1.82, 2.24) is 29.5 Å². The standard InChI is InChI=1S/C18H28N8O/c1-13-15(14(2)24(5)22-13)12-21-18(19-3)26-10-8-25(9-11-26)16-17(27)23(4)7-6-20-16/h6-7H,8-12H2,1-5H3,(H,19,21). The molecule has 0 unspecified atom stereocenters. The van der Waals surface area contributed by atoms with Crippen molar-refractivity contribution in [2.45, 2.75) is 20.4 Å². The van der Waals surface area contributed by atoms with E-state index in [2.05, 4.69) is 32.2 Å². The van der Waals surface area contributed by atoms with Crippen molar-refractivity contribution < 1.29 is 0 Å². The number of aliphatic imine (C=N–C) groups is 1. The largest absolute Gasteiger partial charge is 0.352 e. The lowest BCUT2D eigenvalue weighted by Crippen LogP contribution is -2.53. The minimum atomic E-state index is -0.0593. The number of hydrogen-bond donors (Lipinski definition) is 1. The van der Waals surface area contributed by atoms with Crippen LogP contribution in [0.15, 0.2) is 22.2 Å². The number of nitrogens with one attached hydrogen (secondary N) is 1. The third kappa shape index (κ3) is 3.81. The van der Waals surface area contributed by atoms with Crippen molar-refractivity contribution in [1.29, 1.82) is 0 Å². The summed E-state index contributed by atoms with van der Waals surface area (Å²) in [7, 11) is 5.51. The summed E-state index contributed by atoms with van der Waals surface area (Å²) in [6.07, 6.45) is 3.35. The molecule has 0 atom stereocenters. The first-order chi connectivity index (χ1) is 12.9. The van der Waals surface area contributed by atoms with Crippen LogP contribution in [0.4, 0.5) is 5.82 Å². The van der Waals surface area contributed by atoms with Gasteiger partial charge in [-0.05, 0) is 13.8 Å². The maximum Gasteiger partial charge on any atom is 0.293 e. The van der Waals surface area contributed by atoms with Crippen LogP contribution in [0.1, 0.15) is 17.0 Å². The third-order valence-electron chi connectivity index (χ3n) is 5.17. The molecule has 1 aliphatic rings. The molecule has 0 bridgehead atoms. The van der Waals surface area contributed by atoms with Crippen molar-refractivity contribution in [2.24, 2.45) is 19.1 Å². The molecule has 0 spiro atoms. The normalized spacial score (nSPS) is 15.4. The van der Waals surface area contributed by atoms with E-state index in [4.69, 9.17) is 0 Å². The lowest BCUT2D eigenvalue weighted by molar-refractivity contribution is 0.370. The van der Waals surface area contributed by atoms with Crippen LogP contribution in [0, 0.1) is 13.8 Å². The Bertz CT molecular complexity index is 889. The van der Waals surface area contributed by atoms with Crippen molar-refractivity contribution >= 4 is 11.8 Å². The molecule has 9 heteroatoms. The molecule has 3 heterocycles. The summed E-state index contributed by atoms with van der Waals surface area (Å²) in [5.74, 6) is 1.38. The Balaban J connectivity index is 1.62. The van der Waals surface area contributed by atoms with Gasteiger partial charge in [0.05, 0.1) is 5.69 Å². The van der Waals surface area contributed by atoms with Crippen molar-refractivity contribution in [2.75, 3.05) is 38.1 Å². The maximum absolute atomic E-state index is 12.3. The molecule has 1 aliphatic heterocycles. The van der Waals surface area contributed by atoms with E-state index in [9.17, 15) is 4.79 Å². The topological polar surface area (TPSA) is 83.6 Å². The molecule has 9 nitrogen and oxygen atoms in total. The summed E-state index contributed by atoms with van der Waals surface area (Å²) in [5.41, 5.74) is 3.34. The highest BCUT2D eigenvalue weighted by molar-refractivity contribution is 5.80. The van der Waals surface area contributed by atoms with Gasteiger partial charge in [0.2, 0.25) is 0 Å². The zero-order chi connectivity index (χ0) is 19.6. The van der Waals surface area contributed by atoms with Crippen LogP contribution < -0.4 is 15.8 Å². The van der Waals surface area contributed by atoms with Crippen molar-refractivity contribution in [3.63, 3.8) is 0 Å². The van der Waals surface area contributed by atoms with Crippen LogP contribution in [0.25, 0.3) is 0 Å². The van der Waals surface area contributed by atoms with Gasteiger partial charge in [-0.1, -0.05) is 0 Å². The summed E-state index contributed by atoms with van der Waals surface area (Å²) >= 11 is 0. The Morgan fingerprint density at radius 3 is 2.52 bits per heavy atom. The van der Waals surface area contributed by atoms with Crippen LogP contribution in [0.5, 0.6) is 0 Å². The van der Waals surface area contributed by atoms with E-state index in [0.29, 0.717) is 12.4 Å². The predicted molar refractivity (Wildman–Crippen MR) is 106 cm³/mol. The zero-order valence-electron chi connectivity index (χ0n) is 16.7. The number of rotatable bonds is 3. The van der Waals surface area contributed by atoms with Gasteiger partial charge in [-0.3, -0.25) is 14.5 Å². The van der Waals surface area contributed by atoms with Gasteiger partial charge in [-0.15, -0.1) is 0 Å². The summed E-state index contributed by atoms with van der Waals surface area (Å²) < 4.78 is 3.47. The van der Waals surface area contributed by atoms with Crippen LogP contribution in [-0.2, 0) is 20.6 Å². The quantitative estimate of drug-likeness (QED) is 0.605. The molecule has 1 saturated heterocycles. The molecule has 0 amide bonds. The molecule has 2 aromatic rings. The Morgan fingerprint density at radius 1 is 1.22 bits per heavy atom. The SMILES string of the molecule is CN=C(NCc1c(C)nn(C)c1C)N1CCN(c2nccn(C)c2=O)CC1. The molecule has 27 heavy (non-hydrogen) atoms. The second kappa shape index (κ2) is 7.81. The van der Waals surface area contributed by atoms with Crippen molar-refractivity contribution in [3.8, 4) is 0 Å². The van der Waals surface area contributed by atoms with E-state index in [-0.39, 0.29) is 5.56 Å². The number of aromatic nitrogens is 4. The van der Waals surface area contributed by atoms with E-state index in [0.717, 1.165) is 43.5 Å². The summed E-state index contributed by atoms with van der Waals surface area (Å²) in [6.45, 7) is 7.83. The molecule has 0 radical (unpaired) electrons. The zero-order valence-corrected chi connectivity index (χ0v) is 16.7. The summed E-state index contributed by atoms with van der Waals surface area (Å²) in [6, 6.07) is 0. The van der Waals surface area contributed by atoms with Gasteiger partial charge in [0.25, 0.3) is 5.56 Å². The van der Waals surface area contributed by atoms with Gasteiger partial charge >= 0.3 is 0 Å². The Kier molecular flexibility index (Phi) is 5.48. The maximum atomic E-state index is 12.3. The lowest BCUT2D eigenvalue weighted by Gasteiger charge is -2.36. The van der Waals surface area contributed by atoms with Crippen LogP contribution >= 0.6 is 0 Å². The van der Waals surface area contributed by atoms with Crippen LogP contribution in [-0.4, -0.2) is 63.4 Å². The van der Waals surface area contributed by atoms with Gasteiger partial charge in [-0.25, -0.2) is 4.98 Å². The summed E-state index contributed by atoms with van der Waals surface area (Å²) in [5, 5.41) is 7.91. The number of hydrogen-bond acceptors (Lipinski definition) is 5. The molecule has 2 aromatic heterocycles. The first-order valence-corrected chi connectivity index (χ1v) is 9.13. The molecule has 0 aromatic carbocycles. The molecule has 0 saturated carbocycles. The predicted octanol–water partition coefficient (Wildman–Crippen LogP) is 0.0282. The molecule has 0 aliphatic carbocycles. The fourth-order valence-corrected chi connectivity index (χ4v) is 3.40. The molecule has 1 fully saturated rings. The first-order valence-electron chi connectivity index (χ1n) is 9.13. The highest BCUT2D eigenvalue weighted by Crippen LogP contribution is 2.12. The number of guanidine groups is 1. The van der Waals surface area contributed by atoms with E-state index in [1.807, 2.05) is 23.6 Å². The lowest BCUT2D eigenvalue weighted by atomic mass is 10.2. The Hall–Kier alpha value is -2.84. The van der Waals surface area contributed by atoms with E-state index in [1.54, 1.807) is 31.1 Å². The van der Waals surface area contributed by atoms with Gasteiger partial charge in [0.1, 0.15) is 0 Å². The number of nitrogens with zero attached hydrogens (tertiary/aromatic N) is 7. The Morgan fingerprint density at radius 2 is 1.93 bits per heavy atom. The van der Waals surface area contributed by atoms with Gasteiger partial charge in [0, 0.05) is 77.5 Å². The molecule has 1 N–H and O–H groups in total. The van der Waals surface area contributed by atoms with Gasteiger partial charge in [-0.2, -0.15) is 5.10 Å². The van der Waals surface area contributed by atoms with E-state index >= 15 is 0 Å². The smallest absolute Gasteiger partial charge is 0.293 e. The second-order valence-electron chi connectivity index (χ2n) is 6.81. The third-order valence-corrected chi connectivity index (χ3v) is 5.17. The van der Waals surface area contributed by atoms with Gasteiger partial charge < -0.3 is 19.7 Å². The highest BCUT2D eigenvalue weighted by Gasteiger charge is 2.22. The number of aryl methyl sites for hydroxylation is 3. The van der Waals surface area contributed by atoms with Crippen LogP contribution in [0.2, 0.25) is 0 Å². The Labute approximate surface area is 159 Å². The van der Waals surface area contributed by atoms with Crippen molar-refractivity contribution in [3.05, 3.63) is 39.7 Å². The fraction of sp³-hybridized carbons (Fsp3) is 0.556. The minimum absolute atomic E-state index is 0.0593.